The van der Waals surface area contributed by atoms with Gasteiger partial charge in [-0.05, 0) is 57.6 Å². The molecule has 0 spiro atoms. The average Bonchev–Trinajstić information content (AvgIpc) is 3.30. The molecule has 4 aromatic carbocycles. The molecular formula is C30H28Si. The summed E-state index contributed by atoms with van der Waals surface area (Å²) in [5.41, 5.74) is 10.2. The van der Waals surface area contributed by atoms with E-state index in [0.29, 0.717) is 11.1 Å². The van der Waals surface area contributed by atoms with E-state index in [4.69, 9.17) is 0 Å². The summed E-state index contributed by atoms with van der Waals surface area (Å²) in [6, 6.07) is 27.2. The van der Waals surface area contributed by atoms with Crippen molar-refractivity contribution in [2.75, 3.05) is 0 Å². The molecule has 0 heterocycles. The van der Waals surface area contributed by atoms with Crippen LogP contribution < -0.4 is 0 Å². The summed E-state index contributed by atoms with van der Waals surface area (Å²) in [7, 11) is -1.84. The highest BCUT2D eigenvalue weighted by Crippen LogP contribution is 2.54. The van der Waals surface area contributed by atoms with Crippen LogP contribution in [0.25, 0.3) is 33.7 Å². The minimum Gasteiger partial charge on any atom is -0.0679 e. The van der Waals surface area contributed by atoms with Crippen molar-refractivity contribution in [2.24, 2.45) is 0 Å². The van der Waals surface area contributed by atoms with Crippen molar-refractivity contribution in [3.8, 4) is 0 Å². The first kappa shape index (κ1) is 18.8. The summed E-state index contributed by atoms with van der Waals surface area (Å²) >= 11 is 0. The minimum atomic E-state index is -1.84. The highest BCUT2D eigenvalue weighted by atomic mass is 28.3. The molecule has 0 fully saturated rings. The molecule has 0 bridgehead atoms. The normalized spacial score (nSPS) is 20.0. The molecule has 6 rings (SSSR count). The molecular weight excluding hydrogens is 388 g/mol. The van der Waals surface area contributed by atoms with Crippen molar-refractivity contribution in [3.05, 3.63) is 106 Å². The smallest absolute Gasteiger partial charge is 0.0679 e. The van der Waals surface area contributed by atoms with E-state index in [0.717, 1.165) is 0 Å². The lowest BCUT2D eigenvalue weighted by Gasteiger charge is -2.39. The van der Waals surface area contributed by atoms with E-state index in [9.17, 15) is 0 Å². The Kier molecular flexibility index (Phi) is 3.98. The minimum absolute atomic E-state index is 0.534. The predicted molar refractivity (Wildman–Crippen MR) is 138 cm³/mol. The van der Waals surface area contributed by atoms with Gasteiger partial charge >= 0.3 is 0 Å². The van der Waals surface area contributed by atoms with E-state index in [1.807, 2.05) is 0 Å². The Balaban J connectivity index is 1.59. The summed E-state index contributed by atoms with van der Waals surface area (Å²) in [5, 5.41) is 5.61. The Bertz CT molecular complexity index is 1320. The molecule has 0 N–H and O–H groups in total. The van der Waals surface area contributed by atoms with Gasteiger partial charge in [0.25, 0.3) is 0 Å². The topological polar surface area (TPSA) is 0 Å². The molecule has 1 heteroatoms. The Labute approximate surface area is 185 Å². The molecule has 2 atom stereocenters. The van der Waals surface area contributed by atoms with Crippen molar-refractivity contribution in [1.82, 2.24) is 0 Å². The molecule has 0 amide bonds. The second-order valence-corrected chi connectivity index (χ2v) is 14.8. The highest BCUT2D eigenvalue weighted by molar-refractivity contribution is 6.82. The molecule has 0 aliphatic heterocycles. The lowest BCUT2D eigenvalue weighted by Crippen LogP contribution is -2.42. The summed E-state index contributed by atoms with van der Waals surface area (Å²) in [4.78, 5) is 0. The van der Waals surface area contributed by atoms with Crippen LogP contribution in [0, 0.1) is 0 Å². The van der Waals surface area contributed by atoms with E-state index >= 15 is 0 Å². The van der Waals surface area contributed by atoms with Gasteiger partial charge in [-0.1, -0.05) is 109 Å². The molecule has 2 aliphatic carbocycles. The summed E-state index contributed by atoms with van der Waals surface area (Å²) in [6.45, 7) is 9.99. The predicted octanol–water partition coefficient (Wildman–Crippen LogP) is 8.48. The van der Waals surface area contributed by atoms with E-state index in [1.54, 1.807) is 22.3 Å². The Hall–Kier alpha value is -2.90. The van der Waals surface area contributed by atoms with Gasteiger partial charge in [0.15, 0.2) is 0 Å². The van der Waals surface area contributed by atoms with Gasteiger partial charge in [-0.3, -0.25) is 0 Å². The first-order chi connectivity index (χ1) is 15.0. The number of hydrogen-bond donors (Lipinski definition) is 0. The van der Waals surface area contributed by atoms with Crippen molar-refractivity contribution < 1.29 is 0 Å². The molecule has 0 saturated heterocycles. The molecule has 31 heavy (non-hydrogen) atoms. The second kappa shape index (κ2) is 6.55. The van der Waals surface area contributed by atoms with Gasteiger partial charge in [-0.2, -0.15) is 0 Å². The van der Waals surface area contributed by atoms with Crippen LogP contribution in [-0.4, -0.2) is 8.07 Å². The van der Waals surface area contributed by atoms with Crippen LogP contribution in [-0.2, 0) is 0 Å². The molecule has 0 radical (unpaired) electrons. The standard InChI is InChI=1S/C30H28Si/c1-19-17-23-15-13-21-9-5-7-11-25(21)27(23)29(19)31(3,4)30-20(2)18-24-16-14-22-10-6-8-12-26(22)28(24)30/h5-18,29-30H,1-4H3. The van der Waals surface area contributed by atoms with Crippen LogP contribution in [0.3, 0.4) is 0 Å². The van der Waals surface area contributed by atoms with E-state index in [2.05, 4.69) is 112 Å². The van der Waals surface area contributed by atoms with Crippen LogP contribution in [0.1, 0.15) is 47.2 Å². The maximum atomic E-state index is 2.63. The van der Waals surface area contributed by atoms with Crippen LogP contribution >= 0.6 is 0 Å². The summed E-state index contributed by atoms with van der Waals surface area (Å²) in [5.74, 6) is 0. The van der Waals surface area contributed by atoms with Gasteiger partial charge in [0.2, 0.25) is 0 Å². The van der Waals surface area contributed by atoms with E-state index < -0.39 is 8.07 Å². The molecule has 152 valence electrons. The lowest BCUT2D eigenvalue weighted by molar-refractivity contribution is 0.979. The van der Waals surface area contributed by atoms with Gasteiger partial charge in [-0.25, -0.2) is 0 Å². The van der Waals surface area contributed by atoms with Gasteiger partial charge in [-0.15, -0.1) is 0 Å². The highest BCUT2D eigenvalue weighted by Gasteiger charge is 2.47. The molecule has 0 aromatic heterocycles. The van der Waals surface area contributed by atoms with Crippen LogP contribution in [0.2, 0.25) is 13.1 Å². The lowest BCUT2D eigenvalue weighted by atomic mass is 9.99. The third kappa shape index (κ3) is 2.60. The Morgan fingerprint density at radius 1 is 0.548 bits per heavy atom. The van der Waals surface area contributed by atoms with Crippen LogP contribution in [0.4, 0.5) is 0 Å². The number of allylic oxidation sites excluding steroid dienone is 2. The zero-order chi connectivity index (χ0) is 21.3. The molecule has 0 saturated carbocycles. The van der Waals surface area contributed by atoms with Crippen LogP contribution in [0.5, 0.6) is 0 Å². The number of benzene rings is 4. The SMILES string of the molecule is CC1=Cc2ccc3ccccc3c2C1[Si](C)(C)C1C(C)=Cc2ccc3ccccc3c21. The molecule has 0 nitrogen and oxygen atoms in total. The van der Waals surface area contributed by atoms with Gasteiger partial charge in [0.1, 0.15) is 0 Å². The van der Waals surface area contributed by atoms with Gasteiger partial charge in [0, 0.05) is 11.1 Å². The third-order valence-electron chi connectivity index (χ3n) is 7.75. The largest absolute Gasteiger partial charge is 0.0722 e. The fourth-order valence-electron chi connectivity index (χ4n) is 6.72. The average molecular weight is 417 g/mol. The van der Waals surface area contributed by atoms with Crippen molar-refractivity contribution in [3.63, 3.8) is 0 Å². The Morgan fingerprint density at radius 2 is 0.968 bits per heavy atom. The van der Waals surface area contributed by atoms with Crippen molar-refractivity contribution in [1.29, 1.82) is 0 Å². The number of rotatable bonds is 2. The number of fused-ring (bicyclic) bond motifs is 6. The quantitative estimate of drug-likeness (QED) is 0.287. The third-order valence-corrected chi connectivity index (χ3v) is 12.2. The van der Waals surface area contributed by atoms with Crippen LogP contribution in [0.15, 0.2) is 83.9 Å². The molecule has 4 aromatic rings. The van der Waals surface area contributed by atoms with Crippen molar-refractivity contribution in [2.45, 2.75) is 38.0 Å². The monoisotopic (exact) mass is 416 g/mol. The zero-order valence-electron chi connectivity index (χ0n) is 18.7. The van der Waals surface area contributed by atoms with E-state index in [-0.39, 0.29) is 0 Å². The number of hydrogen-bond acceptors (Lipinski definition) is 0. The summed E-state index contributed by atoms with van der Waals surface area (Å²) < 4.78 is 0. The molecule has 2 aliphatic rings. The fourth-order valence-corrected chi connectivity index (χ4v) is 11.7. The molecule has 2 unspecified atom stereocenters. The maximum Gasteiger partial charge on any atom is 0.0722 e. The van der Waals surface area contributed by atoms with E-state index in [1.165, 1.54) is 32.7 Å². The second-order valence-electron chi connectivity index (χ2n) is 10.0. The van der Waals surface area contributed by atoms with Crippen molar-refractivity contribution >= 4 is 41.8 Å². The van der Waals surface area contributed by atoms with Gasteiger partial charge in [0.05, 0.1) is 8.07 Å². The first-order valence-corrected chi connectivity index (χ1v) is 14.5. The zero-order valence-corrected chi connectivity index (χ0v) is 19.7. The summed E-state index contributed by atoms with van der Waals surface area (Å²) in [6.07, 6.45) is 4.92. The fraction of sp³-hybridized carbons (Fsp3) is 0.200. The Morgan fingerprint density at radius 3 is 1.42 bits per heavy atom. The van der Waals surface area contributed by atoms with Gasteiger partial charge < -0.3 is 0 Å². The maximum absolute atomic E-state index is 2.63. The first-order valence-electron chi connectivity index (χ1n) is 11.4.